The molecule has 2 rings (SSSR count). The molecule has 0 amide bonds. The number of nitrogens with zero attached hydrogens (tertiary/aromatic N) is 3. The summed E-state index contributed by atoms with van der Waals surface area (Å²) in [7, 11) is 0. The van der Waals surface area contributed by atoms with E-state index in [0.717, 1.165) is 18.0 Å². The SMILES string of the molecule is CCCCNc1cncc2nccn12. The molecule has 4 nitrogen and oxygen atoms in total. The van der Waals surface area contributed by atoms with Crippen LogP contribution in [-0.2, 0) is 0 Å². The number of unbranched alkanes of at least 4 members (excludes halogenated alkanes) is 1. The van der Waals surface area contributed by atoms with Crippen molar-refractivity contribution in [3.8, 4) is 0 Å². The van der Waals surface area contributed by atoms with Gasteiger partial charge in [0.1, 0.15) is 5.82 Å². The van der Waals surface area contributed by atoms with Gasteiger partial charge in [-0.1, -0.05) is 13.3 Å². The van der Waals surface area contributed by atoms with Gasteiger partial charge in [-0.25, -0.2) is 4.98 Å². The van der Waals surface area contributed by atoms with Crippen molar-refractivity contribution < 1.29 is 0 Å². The monoisotopic (exact) mass is 190 g/mol. The highest BCUT2D eigenvalue weighted by atomic mass is 15.1. The number of imidazole rings is 1. The summed E-state index contributed by atoms with van der Waals surface area (Å²) in [5.41, 5.74) is 0.881. The van der Waals surface area contributed by atoms with E-state index in [1.807, 2.05) is 16.8 Å². The maximum atomic E-state index is 4.17. The normalized spacial score (nSPS) is 10.6. The molecule has 2 aromatic rings. The average molecular weight is 190 g/mol. The summed E-state index contributed by atoms with van der Waals surface area (Å²) in [6.07, 6.45) is 9.66. The lowest BCUT2D eigenvalue weighted by atomic mass is 10.3. The van der Waals surface area contributed by atoms with Gasteiger partial charge >= 0.3 is 0 Å². The Morgan fingerprint density at radius 2 is 2.36 bits per heavy atom. The highest BCUT2D eigenvalue weighted by Crippen LogP contribution is 2.08. The summed E-state index contributed by atoms with van der Waals surface area (Å²) < 4.78 is 2.00. The molecule has 14 heavy (non-hydrogen) atoms. The minimum absolute atomic E-state index is 0.881. The first-order valence-corrected chi connectivity index (χ1v) is 4.92. The lowest BCUT2D eigenvalue weighted by molar-refractivity contribution is 0.828. The van der Waals surface area contributed by atoms with Crippen LogP contribution < -0.4 is 5.32 Å². The fourth-order valence-electron chi connectivity index (χ4n) is 1.37. The minimum atomic E-state index is 0.881. The lowest BCUT2D eigenvalue weighted by Crippen LogP contribution is -2.05. The number of nitrogens with one attached hydrogen (secondary N) is 1. The second kappa shape index (κ2) is 4.09. The Balaban J connectivity index is 2.19. The van der Waals surface area contributed by atoms with Crippen molar-refractivity contribution in [2.75, 3.05) is 11.9 Å². The van der Waals surface area contributed by atoms with Gasteiger partial charge in [-0.3, -0.25) is 9.38 Å². The summed E-state index contributed by atoms with van der Waals surface area (Å²) in [6.45, 7) is 3.16. The zero-order chi connectivity index (χ0) is 9.80. The molecule has 0 unspecified atom stereocenters. The van der Waals surface area contributed by atoms with E-state index in [4.69, 9.17) is 0 Å². The quantitative estimate of drug-likeness (QED) is 0.749. The molecule has 1 N–H and O–H groups in total. The van der Waals surface area contributed by atoms with Gasteiger partial charge < -0.3 is 5.32 Å². The maximum absolute atomic E-state index is 4.17. The van der Waals surface area contributed by atoms with Gasteiger partial charge in [0.05, 0.1) is 12.4 Å². The van der Waals surface area contributed by atoms with Gasteiger partial charge in [0.2, 0.25) is 0 Å². The van der Waals surface area contributed by atoms with Crippen LogP contribution in [-0.4, -0.2) is 20.9 Å². The van der Waals surface area contributed by atoms with Crippen LogP contribution in [0.25, 0.3) is 5.65 Å². The second-order valence-electron chi connectivity index (χ2n) is 3.23. The van der Waals surface area contributed by atoms with Gasteiger partial charge in [0.25, 0.3) is 0 Å². The molecule has 0 aliphatic carbocycles. The van der Waals surface area contributed by atoms with Crippen LogP contribution in [0.2, 0.25) is 0 Å². The molecule has 74 valence electrons. The van der Waals surface area contributed by atoms with E-state index in [1.165, 1.54) is 12.8 Å². The van der Waals surface area contributed by atoms with E-state index in [9.17, 15) is 0 Å². The number of fused-ring (bicyclic) bond motifs is 1. The van der Waals surface area contributed by atoms with Gasteiger partial charge in [0.15, 0.2) is 5.65 Å². The Kier molecular flexibility index (Phi) is 2.62. The molecule has 0 saturated heterocycles. The molecule has 0 aromatic carbocycles. The van der Waals surface area contributed by atoms with Crippen LogP contribution in [0.3, 0.4) is 0 Å². The van der Waals surface area contributed by atoms with Crippen LogP contribution in [0.1, 0.15) is 19.8 Å². The van der Waals surface area contributed by atoms with E-state index < -0.39 is 0 Å². The standard InChI is InChI=1S/C10H14N4/c1-2-3-4-12-9-7-11-8-10-13-5-6-14(9)10/h5-8,12H,2-4H2,1H3. The highest BCUT2D eigenvalue weighted by molar-refractivity contribution is 5.46. The summed E-state index contributed by atoms with van der Waals surface area (Å²) in [4.78, 5) is 8.29. The third kappa shape index (κ3) is 1.69. The third-order valence-electron chi connectivity index (χ3n) is 2.15. The molecular formula is C10H14N4. The molecule has 0 fully saturated rings. The molecular weight excluding hydrogens is 176 g/mol. The molecule has 4 heteroatoms. The smallest absolute Gasteiger partial charge is 0.156 e. The topological polar surface area (TPSA) is 42.2 Å². The van der Waals surface area contributed by atoms with Crippen molar-refractivity contribution in [3.63, 3.8) is 0 Å². The first-order chi connectivity index (χ1) is 6.92. The minimum Gasteiger partial charge on any atom is -0.370 e. The number of rotatable bonds is 4. The Bertz CT molecular complexity index is 407. The van der Waals surface area contributed by atoms with Crippen molar-refractivity contribution in [1.29, 1.82) is 0 Å². The number of anilines is 1. The Labute approximate surface area is 83.0 Å². The van der Waals surface area contributed by atoms with E-state index >= 15 is 0 Å². The van der Waals surface area contributed by atoms with Crippen molar-refractivity contribution in [2.24, 2.45) is 0 Å². The Morgan fingerprint density at radius 1 is 1.43 bits per heavy atom. The van der Waals surface area contributed by atoms with Crippen LogP contribution in [0.5, 0.6) is 0 Å². The molecule has 0 saturated carbocycles. The molecule has 0 bridgehead atoms. The van der Waals surface area contributed by atoms with Crippen LogP contribution in [0.4, 0.5) is 5.82 Å². The molecule has 2 heterocycles. The number of aromatic nitrogens is 3. The van der Waals surface area contributed by atoms with Crippen LogP contribution in [0, 0.1) is 0 Å². The number of hydrogen-bond acceptors (Lipinski definition) is 3. The summed E-state index contributed by atoms with van der Waals surface area (Å²) >= 11 is 0. The fraction of sp³-hybridized carbons (Fsp3) is 0.400. The molecule has 0 atom stereocenters. The summed E-state index contributed by atoms with van der Waals surface area (Å²) in [5, 5.41) is 3.34. The van der Waals surface area contributed by atoms with Gasteiger partial charge in [-0.05, 0) is 6.42 Å². The largest absolute Gasteiger partial charge is 0.370 e. The van der Waals surface area contributed by atoms with E-state index in [1.54, 1.807) is 12.4 Å². The first-order valence-electron chi connectivity index (χ1n) is 4.92. The van der Waals surface area contributed by atoms with Gasteiger partial charge in [-0.2, -0.15) is 0 Å². The summed E-state index contributed by atoms with van der Waals surface area (Å²) in [6, 6.07) is 0. The second-order valence-corrected chi connectivity index (χ2v) is 3.23. The van der Waals surface area contributed by atoms with Crippen molar-refractivity contribution in [3.05, 3.63) is 24.8 Å². The van der Waals surface area contributed by atoms with E-state index in [-0.39, 0.29) is 0 Å². The maximum Gasteiger partial charge on any atom is 0.156 e. The van der Waals surface area contributed by atoms with E-state index in [0.29, 0.717) is 0 Å². The zero-order valence-electron chi connectivity index (χ0n) is 8.27. The zero-order valence-corrected chi connectivity index (χ0v) is 8.27. The third-order valence-corrected chi connectivity index (χ3v) is 2.15. The predicted octanol–water partition coefficient (Wildman–Crippen LogP) is 1.94. The first kappa shape index (κ1) is 8.99. The predicted molar refractivity (Wildman–Crippen MR) is 56.4 cm³/mol. The van der Waals surface area contributed by atoms with Crippen molar-refractivity contribution in [1.82, 2.24) is 14.4 Å². The van der Waals surface area contributed by atoms with E-state index in [2.05, 4.69) is 22.2 Å². The van der Waals surface area contributed by atoms with Crippen LogP contribution >= 0.6 is 0 Å². The lowest BCUT2D eigenvalue weighted by Gasteiger charge is -2.06. The Morgan fingerprint density at radius 3 is 3.21 bits per heavy atom. The average Bonchev–Trinajstić information content (AvgIpc) is 2.67. The van der Waals surface area contributed by atoms with Crippen molar-refractivity contribution in [2.45, 2.75) is 19.8 Å². The van der Waals surface area contributed by atoms with Crippen LogP contribution in [0.15, 0.2) is 24.8 Å². The summed E-state index contributed by atoms with van der Waals surface area (Å²) in [5.74, 6) is 1.01. The van der Waals surface area contributed by atoms with Crippen molar-refractivity contribution >= 4 is 11.5 Å². The highest BCUT2D eigenvalue weighted by Gasteiger charge is 1.99. The van der Waals surface area contributed by atoms with Gasteiger partial charge in [0, 0.05) is 18.9 Å². The number of hydrogen-bond donors (Lipinski definition) is 1. The molecule has 2 aromatic heterocycles. The molecule has 0 radical (unpaired) electrons. The molecule has 0 aliphatic rings. The molecule has 0 aliphatic heterocycles. The van der Waals surface area contributed by atoms with Gasteiger partial charge in [-0.15, -0.1) is 0 Å². The molecule has 0 spiro atoms. The fourth-order valence-corrected chi connectivity index (χ4v) is 1.37. The Hall–Kier alpha value is -1.58.